The van der Waals surface area contributed by atoms with Gasteiger partial charge >= 0.3 is 0 Å². The smallest absolute Gasteiger partial charge is 0.228 e. The van der Waals surface area contributed by atoms with Crippen molar-refractivity contribution in [3.8, 4) is 0 Å². The van der Waals surface area contributed by atoms with Crippen LogP contribution in [-0.4, -0.2) is 38.8 Å². The summed E-state index contributed by atoms with van der Waals surface area (Å²) in [5.41, 5.74) is 5.74. The van der Waals surface area contributed by atoms with Crippen molar-refractivity contribution < 1.29 is 4.79 Å². The van der Waals surface area contributed by atoms with Crippen LogP contribution >= 0.6 is 0 Å². The average Bonchev–Trinajstić information content (AvgIpc) is 2.83. The number of anilines is 1. The van der Waals surface area contributed by atoms with Gasteiger partial charge in [-0.3, -0.25) is 19.6 Å². The molecule has 1 saturated heterocycles. The van der Waals surface area contributed by atoms with Crippen LogP contribution in [0.1, 0.15) is 59.1 Å². The number of hydrogen-bond donors (Lipinski definition) is 0. The van der Waals surface area contributed by atoms with Gasteiger partial charge in [-0.15, -0.1) is 0 Å². The number of fused-ring (bicyclic) bond motifs is 1. The van der Waals surface area contributed by atoms with Gasteiger partial charge in [0.05, 0.1) is 12.2 Å². The Hall–Kier alpha value is -3.12. The number of rotatable bonds is 5. The minimum absolute atomic E-state index is 0.116. The Labute approximate surface area is 195 Å². The summed E-state index contributed by atoms with van der Waals surface area (Å²) in [7, 11) is 0. The predicted octanol–water partition coefficient (Wildman–Crippen LogP) is 4.35. The van der Waals surface area contributed by atoms with Crippen molar-refractivity contribution in [1.82, 2.24) is 19.9 Å². The van der Waals surface area contributed by atoms with E-state index in [1.807, 2.05) is 23.1 Å². The first-order valence-electron chi connectivity index (χ1n) is 11.9. The van der Waals surface area contributed by atoms with E-state index in [9.17, 15) is 4.79 Å². The van der Waals surface area contributed by atoms with E-state index in [0.29, 0.717) is 25.3 Å². The number of aryl methyl sites for hydroxylation is 2. The third kappa shape index (κ3) is 4.67. The summed E-state index contributed by atoms with van der Waals surface area (Å²) in [6, 6.07) is 14.4. The summed E-state index contributed by atoms with van der Waals surface area (Å²) < 4.78 is 0. The fourth-order valence-corrected chi connectivity index (χ4v) is 4.98. The van der Waals surface area contributed by atoms with Crippen LogP contribution in [0.5, 0.6) is 0 Å². The summed E-state index contributed by atoms with van der Waals surface area (Å²) in [5.74, 6) is 2.13. The van der Waals surface area contributed by atoms with Crippen LogP contribution in [0.25, 0.3) is 0 Å². The molecule has 4 heterocycles. The molecule has 0 atom stereocenters. The number of carbonyl (C=O) groups excluding carboxylic acids is 1. The van der Waals surface area contributed by atoms with E-state index in [1.54, 1.807) is 6.20 Å². The van der Waals surface area contributed by atoms with E-state index in [-0.39, 0.29) is 5.91 Å². The Morgan fingerprint density at radius 1 is 0.939 bits per heavy atom. The number of pyridine rings is 1. The highest BCUT2D eigenvalue weighted by atomic mass is 16.2. The third-order valence-electron chi connectivity index (χ3n) is 7.01. The van der Waals surface area contributed by atoms with Crippen LogP contribution in [0.4, 0.5) is 5.82 Å². The second kappa shape index (κ2) is 9.40. The van der Waals surface area contributed by atoms with Crippen molar-refractivity contribution in [2.24, 2.45) is 0 Å². The van der Waals surface area contributed by atoms with E-state index in [0.717, 1.165) is 61.1 Å². The van der Waals surface area contributed by atoms with Gasteiger partial charge in [0.25, 0.3) is 0 Å². The van der Waals surface area contributed by atoms with Crippen LogP contribution in [0.2, 0.25) is 0 Å². The van der Waals surface area contributed by atoms with E-state index >= 15 is 0 Å². The van der Waals surface area contributed by atoms with Gasteiger partial charge in [-0.2, -0.15) is 0 Å². The molecule has 6 heteroatoms. The van der Waals surface area contributed by atoms with Gasteiger partial charge in [0.2, 0.25) is 5.91 Å². The van der Waals surface area contributed by atoms with Gasteiger partial charge in [0.1, 0.15) is 11.6 Å². The van der Waals surface area contributed by atoms with E-state index in [1.165, 1.54) is 11.1 Å². The highest BCUT2D eigenvalue weighted by Gasteiger charge is 2.31. The van der Waals surface area contributed by atoms with Crippen LogP contribution in [0.15, 0.2) is 48.7 Å². The van der Waals surface area contributed by atoms with Crippen molar-refractivity contribution in [3.63, 3.8) is 0 Å². The lowest BCUT2D eigenvalue weighted by molar-refractivity contribution is -0.119. The Balaban J connectivity index is 1.33. The standard InChI is InChI=1S/C27H31N5O/c1-19-7-3-4-8-22(19)17-31-15-12-21(13-16-31)26-29-20(2)24-10-11-25(33)32(27(24)30-26)18-23-9-5-6-14-28-23/h3-9,14,21H,10-13,15-18H2,1-2H3. The highest BCUT2D eigenvalue weighted by Crippen LogP contribution is 2.33. The molecular formula is C27H31N5O. The molecule has 0 N–H and O–H groups in total. The average molecular weight is 442 g/mol. The molecule has 6 nitrogen and oxygen atoms in total. The molecule has 0 spiro atoms. The summed E-state index contributed by atoms with van der Waals surface area (Å²) in [4.78, 5) is 31.5. The Bertz CT molecular complexity index is 1140. The van der Waals surface area contributed by atoms with Crippen LogP contribution in [0, 0.1) is 13.8 Å². The van der Waals surface area contributed by atoms with Crippen LogP contribution in [-0.2, 0) is 24.3 Å². The van der Waals surface area contributed by atoms with Crippen LogP contribution < -0.4 is 4.90 Å². The molecule has 0 bridgehead atoms. The molecule has 0 aliphatic carbocycles. The lowest BCUT2D eigenvalue weighted by Crippen LogP contribution is -2.37. The second-order valence-electron chi connectivity index (χ2n) is 9.25. The highest BCUT2D eigenvalue weighted by molar-refractivity contribution is 5.95. The maximum atomic E-state index is 12.8. The summed E-state index contributed by atoms with van der Waals surface area (Å²) in [5, 5.41) is 0. The third-order valence-corrected chi connectivity index (χ3v) is 7.01. The number of piperidine rings is 1. The Morgan fingerprint density at radius 2 is 1.73 bits per heavy atom. The zero-order valence-electron chi connectivity index (χ0n) is 19.5. The van der Waals surface area contributed by atoms with E-state index < -0.39 is 0 Å². The van der Waals surface area contributed by atoms with Crippen molar-refractivity contribution in [1.29, 1.82) is 0 Å². The molecule has 33 heavy (non-hydrogen) atoms. The summed E-state index contributed by atoms with van der Waals surface area (Å²) in [6.45, 7) is 7.77. The molecule has 170 valence electrons. The maximum absolute atomic E-state index is 12.8. The van der Waals surface area contributed by atoms with Crippen molar-refractivity contribution >= 4 is 11.7 Å². The SMILES string of the molecule is Cc1ccccc1CN1CCC(c2nc(C)c3c(n2)N(Cc2ccccn2)C(=O)CC3)CC1. The quantitative estimate of drug-likeness (QED) is 0.589. The Morgan fingerprint density at radius 3 is 2.48 bits per heavy atom. The zero-order chi connectivity index (χ0) is 22.8. The van der Waals surface area contributed by atoms with Crippen molar-refractivity contribution in [2.75, 3.05) is 18.0 Å². The Kier molecular flexibility index (Phi) is 6.18. The molecule has 2 aliphatic rings. The molecule has 2 aromatic heterocycles. The van der Waals surface area contributed by atoms with Gasteiger partial charge in [0.15, 0.2) is 0 Å². The minimum atomic E-state index is 0.116. The number of likely N-dealkylation sites (tertiary alicyclic amines) is 1. The van der Waals surface area contributed by atoms with E-state index in [4.69, 9.17) is 9.97 Å². The number of hydrogen-bond acceptors (Lipinski definition) is 5. The first-order chi connectivity index (χ1) is 16.1. The lowest BCUT2D eigenvalue weighted by atomic mass is 9.94. The lowest BCUT2D eigenvalue weighted by Gasteiger charge is -2.33. The molecule has 0 unspecified atom stereocenters. The molecule has 5 rings (SSSR count). The van der Waals surface area contributed by atoms with Crippen molar-refractivity contribution in [3.05, 3.63) is 82.6 Å². The second-order valence-corrected chi connectivity index (χ2v) is 9.25. The molecule has 1 amide bonds. The van der Waals surface area contributed by atoms with E-state index in [2.05, 4.69) is 48.0 Å². The number of benzene rings is 1. The fourth-order valence-electron chi connectivity index (χ4n) is 4.98. The minimum Gasteiger partial charge on any atom is -0.299 e. The number of nitrogens with zero attached hydrogens (tertiary/aromatic N) is 5. The fraction of sp³-hybridized carbons (Fsp3) is 0.407. The van der Waals surface area contributed by atoms with Crippen LogP contribution in [0.3, 0.4) is 0 Å². The maximum Gasteiger partial charge on any atom is 0.228 e. The summed E-state index contributed by atoms with van der Waals surface area (Å²) in [6.07, 6.45) is 5.07. The predicted molar refractivity (Wildman–Crippen MR) is 129 cm³/mol. The molecule has 3 aromatic rings. The molecule has 0 saturated carbocycles. The van der Waals surface area contributed by atoms with Gasteiger partial charge in [0, 0.05) is 36.3 Å². The molecule has 1 aromatic carbocycles. The molecular weight excluding hydrogens is 410 g/mol. The first-order valence-corrected chi connectivity index (χ1v) is 11.9. The number of aromatic nitrogens is 3. The number of amides is 1. The number of carbonyl (C=O) groups is 1. The monoisotopic (exact) mass is 441 g/mol. The molecule has 1 fully saturated rings. The van der Waals surface area contributed by atoms with Gasteiger partial charge < -0.3 is 0 Å². The largest absolute Gasteiger partial charge is 0.299 e. The van der Waals surface area contributed by atoms with Gasteiger partial charge in [-0.25, -0.2) is 9.97 Å². The first kappa shape index (κ1) is 21.7. The molecule has 0 radical (unpaired) electrons. The van der Waals surface area contributed by atoms with Gasteiger partial charge in [-0.1, -0.05) is 30.3 Å². The van der Waals surface area contributed by atoms with Gasteiger partial charge in [-0.05, 0) is 69.5 Å². The topological polar surface area (TPSA) is 62.2 Å². The molecule has 2 aliphatic heterocycles. The van der Waals surface area contributed by atoms with Crippen molar-refractivity contribution in [2.45, 2.75) is 58.5 Å². The summed E-state index contributed by atoms with van der Waals surface area (Å²) >= 11 is 0. The zero-order valence-corrected chi connectivity index (χ0v) is 19.5. The normalized spacial score (nSPS) is 17.3.